The Morgan fingerprint density at radius 2 is 2.05 bits per heavy atom. The van der Waals surface area contributed by atoms with Crippen LogP contribution < -0.4 is 10.5 Å². The summed E-state index contributed by atoms with van der Waals surface area (Å²) in [5.41, 5.74) is 7.24. The van der Waals surface area contributed by atoms with Gasteiger partial charge in [0, 0.05) is 12.6 Å². The van der Waals surface area contributed by atoms with E-state index in [4.69, 9.17) is 10.5 Å². The topological polar surface area (TPSA) is 38.5 Å². The normalized spacial score (nSPS) is 26.1. The molecule has 1 aromatic carbocycles. The first-order valence-corrected chi connectivity index (χ1v) is 7.23. The maximum atomic E-state index is 5.89. The molecule has 0 bridgehead atoms. The molecule has 3 atom stereocenters. The van der Waals surface area contributed by atoms with Crippen molar-refractivity contribution in [1.82, 2.24) is 4.90 Å². The van der Waals surface area contributed by atoms with Crippen molar-refractivity contribution in [1.29, 1.82) is 0 Å². The van der Waals surface area contributed by atoms with Crippen LogP contribution in [0.1, 0.15) is 31.9 Å². The minimum absolute atomic E-state index is 0.451. The molecular formula is C16H26N2O. The largest absolute Gasteiger partial charge is 0.497 e. The molecule has 3 unspecified atom stereocenters. The van der Waals surface area contributed by atoms with Gasteiger partial charge < -0.3 is 10.5 Å². The third kappa shape index (κ3) is 3.28. The highest BCUT2D eigenvalue weighted by Crippen LogP contribution is 2.29. The molecule has 19 heavy (non-hydrogen) atoms. The van der Waals surface area contributed by atoms with Gasteiger partial charge in [-0.15, -0.1) is 0 Å². The van der Waals surface area contributed by atoms with E-state index in [1.54, 1.807) is 7.11 Å². The number of nitrogens with zero attached hydrogens (tertiary/aromatic N) is 1. The van der Waals surface area contributed by atoms with E-state index >= 15 is 0 Å². The van der Waals surface area contributed by atoms with Crippen molar-refractivity contribution in [3.8, 4) is 5.75 Å². The molecule has 2 N–H and O–H groups in total. The summed E-state index contributed by atoms with van der Waals surface area (Å²) in [6.07, 6.45) is 1.25. The van der Waals surface area contributed by atoms with Gasteiger partial charge >= 0.3 is 0 Å². The van der Waals surface area contributed by atoms with Crippen LogP contribution in [0.3, 0.4) is 0 Å². The van der Waals surface area contributed by atoms with Crippen molar-refractivity contribution in [2.45, 2.75) is 26.3 Å². The Morgan fingerprint density at radius 3 is 2.63 bits per heavy atom. The number of rotatable bonds is 4. The summed E-state index contributed by atoms with van der Waals surface area (Å²) < 4.78 is 5.21. The van der Waals surface area contributed by atoms with Crippen LogP contribution in [-0.2, 0) is 0 Å². The lowest BCUT2D eigenvalue weighted by atomic mass is 9.86. The van der Waals surface area contributed by atoms with E-state index in [9.17, 15) is 0 Å². The van der Waals surface area contributed by atoms with Crippen molar-refractivity contribution in [3.63, 3.8) is 0 Å². The number of likely N-dealkylation sites (tertiary alicyclic amines) is 1. The lowest BCUT2D eigenvalue weighted by Crippen LogP contribution is -2.43. The van der Waals surface area contributed by atoms with E-state index in [0.29, 0.717) is 12.0 Å². The molecule has 1 saturated heterocycles. The zero-order valence-electron chi connectivity index (χ0n) is 12.3. The van der Waals surface area contributed by atoms with Crippen LogP contribution in [0.15, 0.2) is 24.3 Å². The fourth-order valence-corrected chi connectivity index (χ4v) is 2.93. The predicted molar refractivity (Wildman–Crippen MR) is 79.3 cm³/mol. The molecule has 0 amide bonds. The van der Waals surface area contributed by atoms with Gasteiger partial charge in [-0.05, 0) is 56.0 Å². The fraction of sp³-hybridized carbons (Fsp3) is 0.625. The standard InChI is InChI=1S/C16H26N2O/c1-12-8-9-18(11-15(12)10-17)13(2)14-4-6-16(19-3)7-5-14/h4-7,12-13,15H,8-11,17H2,1-3H3. The highest BCUT2D eigenvalue weighted by atomic mass is 16.5. The van der Waals surface area contributed by atoms with Gasteiger partial charge in [0.15, 0.2) is 0 Å². The van der Waals surface area contributed by atoms with E-state index in [-0.39, 0.29) is 0 Å². The van der Waals surface area contributed by atoms with Crippen LogP contribution in [0.2, 0.25) is 0 Å². The SMILES string of the molecule is COc1ccc(C(C)N2CCC(C)C(CN)C2)cc1. The predicted octanol–water partition coefficient (Wildman–Crippen LogP) is 2.67. The molecule has 0 aliphatic carbocycles. The van der Waals surface area contributed by atoms with Gasteiger partial charge in [-0.25, -0.2) is 0 Å². The first kappa shape index (κ1) is 14.4. The summed E-state index contributed by atoms with van der Waals surface area (Å²) in [7, 11) is 1.70. The second-order valence-corrected chi connectivity index (χ2v) is 5.71. The third-order valence-electron chi connectivity index (χ3n) is 4.59. The zero-order valence-corrected chi connectivity index (χ0v) is 12.3. The second-order valence-electron chi connectivity index (χ2n) is 5.71. The highest BCUT2D eigenvalue weighted by molar-refractivity contribution is 5.28. The van der Waals surface area contributed by atoms with Crippen molar-refractivity contribution < 1.29 is 4.74 Å². The molecular weight excluding hydrogens is 236 g/mol. The number of piperidine rings is 1. The Bertz CT molecular complexity index is 390. The summed E-state index contributed by atoms with van der Waals surface area (Å²) in [5.74, 6) is 2.31. The maximum Gasteiger partial charge on any atom is 0.118 e. The Labute approximate surface area is 116 Å². The Morgan fingerprint density at radius 1 is 1.37 bits per heavy atom. The number of nitrogens with two attached hydrogens (primary N) is 1. The van der Waals surface area contributed by atoms with Crippen molar-refractivity contribution in [2.24, 2.45) is 17.6 Å². The summed E-state index contributed by atoms with van der Waals surface area (Å²) >= 11 is 0. The first-order valence-electron chi connectivity index (χ1n) is 7.23. The molecule has 0 spiro atoms. The fourth-order valence-electron chi connectivity index (χ4n) is 2.93. The van der Waals surface area contributed by atoms with Gasteiger partial charge in [0.05, 0.1) is 7.11 Å². The van der Waals surface area contributed by atoms with Gasteiger partial charge in [-0.3, -0.25) is 4.90 Å². The zero-order chi connectivity index (χ0) is 13.8. The Kier molecular flexibility index (Phi) is 4.83. The first-order chi connectivity index (χ1) is 9.15. The van der Waals surface area contributed by atoms with Crippen LogP contribution in [-0.4, -0.2) is 31.6 Å². The van der Waals surface area contributed by atoms with Crippen LogP contribution in [0.25, 0.3) is 0 Å². The van der Waals surface area contributed by atoms with Gasteiger partial charge in [-0.2, -0.15) is 0 Å². The van der Waals surface area contributed by atoms with Crippen LogP contribution in [0, 0.1) is 11.8 Å². The minimum Gasteiger partial charge on any atom is -0.497 e. The van der Waals surface area contributed by atoms with E-state index < -0.39 is 0 Å². The summed E-state index contributed by atoms with van der Waals surface area (Å²) in [4.78, 5) is 2.55. The summed E-state index contributed by atoms with van der Waals surface area (Å²) in [6, 6.07) is 8.86. The Balaban J connectivity index is 2.04. The molecule has 1 fully saturated rings. The number of hydrogen-bond acceptors (Lipinski definition) is 3. The van der Waals surface area contributed by atoms with Crippen molar-refractivity contribution >= 4 is 0 Å². The minimum atomic E-state index is 0.451. The molecule has 3 nitrogen and oxygen atoms in total. The van der Waals surface area contributed by atoms with Gasteiger partial charge in [0.25, 0.3) is 0 Å². The van der Waals surface area contributed by atoms with Crippen molar-refractivity contribution in [2.75, 3.05) is 26.7 Å². The van der Waals surface area contributed by atoms with E-state index in [1.165, 1.54) is 18.5 Å². The van der Waals surface area contributed by atoms with Gasteiger partial charge in [-0.1, -0.05) is 19.1 Å². The van der Waals surface area contributed by atoms with Crippen LogP contribution in [0.4, 0.5) is 0 Å². The molecule has 0 radical (unpaired) electrons. The average Bonchev–Trinajstić information content (AvgIpc) is 2.47. The lowest BCUT2D eigenvalue weighted by molar-refractivity contribution is 0.0978. The Hall–Kier alpha value is -1.06. The van der Waals surface area contributed by atoms with E-state index in [1.807, 2.05) is 12.1 Å². The number of ether oxygens (including phenoxy) is 1. The maximum absolute atomic E-state index is 5.89. The molecule has 1 aliphatic heterocycles. The summed E-state index contributed by atoms with van der Waals surface area (Å²) in [6.45, 7) is 7.70. The van der Waals surface area contributed by atoms with Gasteiger partial charge in [0.1, 0.15) is 5.75 Å². The van der Waals surface area contributed by atoms with Crippen LogP contribution >= 0.6 is 0 Å². The number of methoxy groups -OCH3 is 1. The van der Waals surface area contributed by atoms with Gasteiger partial charge in [0.2, 0.25) is 0 Å². The lowest BCUT2D eigenvalue weighted by Gasteiger charge is -2.40. The molecule has 0 saturated carbocycles. The average molecular weight is 262 g/mol. The molecule has 1 heterocycles. The van der Waals surface area contributed by atoms with Crippen molar-refractivity contribution in [3.05, 3.63) is 29.8 Å². The molecule has 1 aliphatic rings. The monoisotopic (exact) mass is 262 g/mol. The van der Waals surface area contributed by atoms with Crippen LogP contribution in [0.5, 0.6) is 5.75 Å². The van der Waals surface area contributed by atoms with E-state index in [2.05, 4.69) is 30.9 Å². The molecule has 0 aromatic heterocycles. The highest BCUT2D eigenvalue weighted by Gasteiger charge is 2.28. The number of benzene rings is 1. The smallest absolute Gasteiger partial charge is 0.118 e. The number of hydrogen-bond donors (Lipinski definition) is 1. The van der Waals surface area contributed by atoms with E-state index in [0.717, 1.165) is 24.8 Å². The molecule has 3 heteroatoms. The second kappa shape index (κ2) is 6.40. The third-order valence-corrected chi connectivity index (χ3v) is 4.59. The molecule has 1 aromatic rings. The molecule has 106 valence electrons. The molecule has 2 rings (SSSR count). The quantitative estimate of drug-likeness (QED) is 0.906. The summed E-state index contributed by atoms with van der Waals surface area (Å²) in [5, 5.41) is 0.